The number of furan rings is 1. The molecular formula is C47H49GeIrN3O-2. The van der Waals surface area contributed by atoms with Crippen LogP contribution in [0.15, 0.2) is 108 Å². The van der Waals surface area contributed by atoms with Gasteiger partial charge in [-0.15, -0.1) is 12.1 Å². The van der Waals surface area contributed by atoms with E-state index in [1.807, 2.05) is 54.7 Å². The van der Waals surface area contributed by atoms with Gasteiger partial charge < -0.3 is 4.42 Å². The molecule has 0 atom stereocenters. The number of aromatic nitrogens is 3. The second kappa shape index (κ2) is 17.1. The maximum atomic E-state index is 6.04. The molecule has 1 radical (unpaired) electrons. The van der Waals surface area contributed by atoms with E-state index in [4.69, 9.17) is 14.4 Å². The first-order valence-corrected chi connectivity index (χ1v) is 26.2. The maximum Gasteiger partial charge on any atom is 0 e. The van der Waals surface area contributed by atoms with E-state index < -0.39 is 13.3 Å². The normalized spacial score (nSPS) is 13.3. The van der Waals surface area contributed by atoms with Gasteiger partial charge in [0, 0.05) is 37.6 Å². The topological polar surface area (TPSA) is 51.8 Å². The van der Waals surface area contributed by atoms with Crippen LogP contribution < -0.4 is 4.40 Å². The Labute approximate surface area is 331 Å². The molecule has 273 valence electrons. The van der Waals surface area contributed by atoms with Crippen LogP contribution in [-0.2, 0) is 32.9 Å². The van der Waals surface area contributed by atoms with Crippen LogP contribution in [0.2, 0.25) is 17.3 Å². The van der Waals surface area contributed by atoms with Crippen LogP contribution >= 0.6 is 0 Å². The van der Waals surface area contributed by atoms with E-state index in [-0.39, 0.29) is 20.1 Å². The second-order valence-corrected chi connectivity index (χ2v) is 26.4. The first-order chi connectivity index (χ1) is 25.1. The van der Waals surface area contributed by atoms with Gasteiger partial charge in [-0.1, -0.05) is 73.3 Å². The van der Waals surface area contributed by atoms with Gasteiger partial charge in [-0.05, 0) is 41.8 Å². The van der Waals surface area contributed by atoms with Crippen molar-refractivity contribution in [1.29, 1.82) is 0 Å². The summed E-state index contributed by atoms with van der Waals surface area (Å²) in [7, 11) is 0. The Hall–Kier alpha value is -3.90. The van der Waals surface area contributed by atoms with Crippen LogP contribution in [0.1, 0.15) is 56.2 Å². The number of hydrogen-bond donors (Lipinski definition) is 0. The van der Waals surface area contributed by atoms with E-state index in [0.29, 0.717) is 11.6 Å². The summed E-state index contributed by atoms with van der Waals surface area (Å²) in [4.78, 5) is 14.2. The smallest absolute Gasteiger partial charge is 0 e. The first-order valence-electron chi connectivity index (χ1n) is 18.9. The van der Waals surface area contributed by atoms with Crippen molar-refractivity contribution in [3.63, 3.8) is 0 Å². The van der Waals surface area contributed by atoms with Crippen LogP contribution in [0.3, 0.4) is 0 Å². The molecule has 4 nitrogen and oxygen atoms in total. The molecule has 1 aliphatic rings. The molecule has 0 bridgehead atoms. The quantitative estimate of drug-likeness (QED) is 0.113. The molecular weight excluding hydrogens is 887 g/mol. The maximum absolute atomic E-state index is 6.04. The summed E-state index contributed by atoms with van der Waals surface area (Å²) < 4.78 is 7.63. The molecule has 1 fully saturated rings. The van der Waals surface area contributed by atoms with Crippen LogP contribution in [0.5, 0.6) is 0 Å². The van der Waals surface area contributed by atoms with Gasteiger partial charge in [-0.2, -0.15) is 0 Å². The molecule has 0 spiro atoms. The summed E-state index contributed by atoms with van der Waals surface area (Å²) >= 11 is -1.87. The van der Waals surface area contributed by atoms with Crippen LogP contribution in [0.4, 0.5) is 0 Å². The molecule has 4 aromatic heterocycles. The van der Waals surface area contributed by atoms with Crippen LogP contribution in [0.25, 0.3) is 55.8 Å². The van der Waals surface area contributed by atoms with Crippen molar-refractivity contribution >= 4 is 39.7 Å². The molecule has 0 unspecified atom stereocenters. The molecule has 53 heavy (non-hydrogen) atoms. The largest absolute Gasteiger partial charge is 0 e. The fourth-order valence-corrected chi connectivity index (χ4v) is 10.8. The summed E-state index contributed by atoms with van der Waals surface area (Å²) in [5.41, 5.74) is 11.7. The van der Waals surface area contributed by atoms with Gasteiger partial charge in [-0.3, -0.25) is 4.98 Å². The van der Waals surface area contributed by atoms with E-state index in [1.165, 1.54) is 43.2 Å². The third-order valence-electron chi connectivity index (χ3n) is 10.2. The van der Waals surface area contributed by atoms with Crippen molar-refractivity contribution < 1.29 is 24.5 Å². The molecule has 0 saturated heterocycles. The zero-order valence-corrected chi connectivity index (χ0v) is 36.3. The number of fused-ring (bicyclic) bond motifs is 3. The van der Waals surface area contributed by atoms with Crippen molar-refractivity contribution in [3.8, 4) is 33.8 Å². The van der Waals surface area contributed by atoms with Crippen LogP contribution in [0, 0.1) is 30.9 Å². The van der Waals surface area contributed by atoms with Gasteiger partial charge in [-0.25, -0.2) is 4.98 Å². The van der Waals surface area contributed by atoms with Crippen molar-refractivity contribution in [2.45, 2.75) is 76.6 Å². The van der Waals surface area contributed by atoms with E-state index in [2.05, 4.69) is 104 Å². The van der Waals surface area contributed by atoms with Gasteiger partial charge in [0.05, 0.1) is 11.3 Å². The van der Waals surface area contributed by atoms with Crippen molar-refractivity contribution in [3.05, 3.63) is 132 Å². The Morgan fingerprint density at radius 1 is 0.792 bits per heavy atom. The molecule has 6 heteroatoms. The third-order valence-corrected chi connectivity index (χ3v) is 14.5. The number of nitrogens with zero attached hydrogens (tertiary/aromatic N) is 3. The van der Waals surface area contributed by atoms with Gasteiger partial charge in [0.25, 0.3) is 0 Å². The van der Waals surface area contributed by atoms with Crippen molar-refractivity contribution in [2.75, 3.05) is 0 Å². The SMILES string of the molecule is Cc1cnc(-c2[c-]c3c(cc2)oc2nc(-c4ccccc4)ccc23)cc1CC(C)C.[CH3][Ge]([CH3])([CH3])[c]1cnc(-c2[c-]cccc2)cc1CC1CCCC1.[Ir]. The van der Waals surface area contributed by atoms with Gasteiger partial charge in [0.15, 0.2) is 5.71 Å². The summed E-state index contributed by atoms with van der Waals surface area (Å²) in [5, 5.41) is 1.92. The number of benzene rings is 3. The Bertz CT molecular complexity index is 2290. The van der Waals surface area contributed by atoms with E-state index in [0.717, 1.165) is 62.5 Å². The van der Waals surface area contributed by atoms with Crippen LogP contribution in [-0.4, -0.2) is 28.2 Å². The monoisotopic (exact) mass is 938 g/mol. The second-order valence-electron chi connectivity index (χ2n) is 15.8. The number of aryl methyl sites for hydroxylation is 1. The minimum Gasteiger partial charge on any atom is 0 e. The average Bonchev–Trinajstić information content (AvgIpc) is 3.80. The molecule has 0 amide bonds. The Balaban J connectivity index is 0.000000187. The van der Waals surface area contributed by atoms with E-state index in [9.17, 15) is 0 Å². The fraction of sp³-hybridized carbons (Fsp3) is 0.298. The summed E-state index contributed by atoms with van der Waals surface area (Å²) in [6.45, 7) is 6.61. The zero-order chi connectivity index (χ0) is 36.2. The van der Waals surface area contributed by atoms with Crippen molar-refractivity contribution in [2.24, 2.45) is 11.8 Å². The van der Waals surface area contributed by atoms with E-state index in [1.54, 1.807) is 9.96 Å². The third kappa shape index (κ3) is 9.26. The van der Waals surface area contributed by atoms with E-state index >= 15 is 0 Å². The fourth-order valence-electron chi connectivity index (χ4n) is 7.44. The van der Waals surface area contributed by atoms with Gasteiger partial charge >= 0.3 is 137 Å². The Morgan fingerprint density at radius 3 is 2.23 bits per heavy atom. The Kier molecular flexibility index (Phi) is 12.5. The predicted octanol–water partition coefficient (Wildman–Crippen LogP) is 11.8. The zero-order valence-electron chi connectivity index (χ0n) is 31.8. The minimum absolute atomic E-state index is 0. The predicted molar refractivity (Wildman–Crippen MR) is 219 cm³/mol. The number of pyridine rings is 3. The standard InChI is InChI=1S/C27H23N2O.C20H26GeN.Ir/c1-17(2)13-21-15-25(28-16-18(21)3)20-9-12-26-23(14-20)22-10-11-24(29-27(22)30-26)19-7-5-4-6-8-19;1-21(2,3)19-15-22-20(17-11-5-4-6-12-17)14-18(19)13-16-9-7-8-10-16;/h4-12,15-17H,13H2,1-3H3;4-6,11,14-16H,7-10,13H2,1-3H3;/q2*-1;. The summed E-state index contributed by atoms with van der Waals surface area (Å²) in [5.74, 6) is 8.92. The number of hydrogen-bond acceptors (Lipinski definition) is 4. The molecule has 4 heterocycles. The molecule has 0 N–H and O–H groups in total. The van der Waals surface area contributed by atoms with Gasteiger partial charge in [0.2, 0.25) is 0 Å². The Morgan fingerprint density at radius 2 is 1.51 bits per heavy atom. The van der Waals surface area contributed by atoms with Crippen molar-refractivity contribution in [1.82, 2.24) is 15.0 Å². The van der Waals surface area contributed by atoms with Gasteiger partial charge in [0.1, 0.15) is 0 Å². The molecule has 1 aliphatic carbocycles. The minimum atomic E-state index is -1.87. The number of rotatable bonds is 8. The molecule has 0 aliphatic heterocycles. The molecule has 1 saturated carbocycles. The molecule has 7 aromatic rings. The first kappa shape index (κ1) is 38.8. The summed E-state index contributed by atoms with van der Waals surface area (Å²) in [6, 6.07) is 37.9. The molecule has 3 aromatic carbocycles. The summed E-state index contributed by atoms with van der Waals surface area (Å²) in [6.07, 6.45) is 12.1. The average molecular weight is 937 g/mol. The molecule has 8 rings (SSSR count).